The highest BCUT2D eigenvalue weighted by Crippen LogP contribution is 2.26. The first-order valence-corrected chi connectivity index (χ1v) is 6.46. The van der Waals surface area contributed by atoms with Gasteiger partial charge in [-0.3, -0.25) is 4.79 Å². The fourth-order valence-electron chi connectivity index (χ4n) is 1.58. The first-order valence-electron chi connectivity index (χ1n) is 6.08. The van der Waals surface area contributed by atoms with E-state index in [0.717, 1.165) is 12.1 Å². The van der Waals surface area contributed by atoms with Crippen molar-refractivity contribution in [3.05, 3.63) is 28.8 Å². The predicted molar refractivity (Wildman–Crippen MR) is 70.6 cm³/mol. The van der Waals surface area contributed by atoms with Crippen LogP contribution in [0.3, 0.4) is 0 Å². The summed E-state index contributed by atoms with van der Waals surface area (Å²) in [5.41, 5.74) is 6.17. The monoisotopic (exact) mass is 268 g/mol. The molecule has 1 fully saturated rings. The molecule has 1 aromatic carbocycles. The van der Waals surface area contributed by atoms with Crippen molar-refractivity contribution in [1.82, 2.24) is 5.32 Å². The molecule has 1 aromatic rings. The van der Waals surface area contributed by atoms with Gasteiger partial charge in [-0.15, -0.1) is 0 Å². The van der Waals surface area contributed by atoms with Crippen molar-refractivity contribution in [1.29, 1.82) is 0 Å². The Morgan fingerprint density at radius 2 is 2.28 bits per heavy atom. The third kappa shape index (κ3) is 4.20. The lowest BCUT2D eigenvalue weighted by Gasteiger charge is -2.09. The van der Waals surface area contributed by atoms with Crippen molar-refractivity contribution in [2.75, 3.05) is 6.61 Å². The van der Waals surface area contributed by atoms with Crippen molar-refractivity contribution in [2.24, 2.45) is 5.73 Å². The van der Waals surface area contributed by atoms with Gasteiger partial charge in [0.15, 0.2) is 0 Å². The molecule has 4 nitrogen and oxygen atoms in total. The minimum Gasteiger partial charge on any atom is -0.491 e. The summed E-state index contributed by atoms with van der Waals surface area (Å²) in [5, 5.41) is 3.98. The normalized spacial score (nSPS) is 14.5. The number of nitrogens with two attached hydrogens (primary N) is 1. The van der Waals surface area contributed by atoms with Crippen LogP contribution in [0.15, 0.2) is 18.2 Å². The molecule has 1 saturated carbocycles. The second-order valence-corrected chi connectivity index (χ2v) is 4.89. The maximum absolute atomic E-state index is 10.6. The standard InChI is InChI=1S/C13H17ClN2O2/c14-11-7-9(8-16-10-2-3-10)1-4-12(11)18-6-5-13(15)17/h1,4,7,10,16H,2-3,5-6,8H2,(H2,15,17). The van der Waals surface area contributed by atoms with Crippen LogP contribution in [-0.2, 0) is 11.3 Å². The zero-order chi connectivity index (χ0) is 13.0. The van der Waals surface area contributed by atoms with Gasteiger partial charge in [0.1, 0.15) is 5.75 Å². The number of carbonyl (C=O) groups excluding carboxylic acids is 1. The van der Waals surface area contributed by atoms with Crippen LogP contribution in [-0.4, -0.2) is 18.6 Å². The smallest absolute Gasteiger partial charge is 0.220 e. The highest BCUT2D eigenvalue weighted by molar-refractivity contribution is 6.32. The molecule has 0 aromatic heterocycles. The van der Waals surface area contributed by atoms with Gasteiger partial charge in [-0.25, -0.2) is 0 Å². The summed E-state index contributed by atoms with van der Waals surface area (Å²) in [5.74, 6) is 0.212. The van der Waals surface area contributed by atoms with Gasteiger partial charge >= 0.3 is 0 Å². The number of hydrogen-bond donors (Lipinski definition) is 2. The zero-order valence-electron chi connectivity index (χ0n) is 10.1. The molecule has 0 saturated heterocycles. The molecule has 1 amide bonds. The molecule has 0 atom stereocenters. The molecule has 18 heavy (non-hydrogen) atoms. The molecule has 3 N–H and O–H groups in total. The summed E-state index contributed by atoms with van der Waals surface area (Å²) in [7, 11) is 0. The summed E-state index contributed by atoms with van der Waals surface area (Å²) in [6, 6.07) is 6.36. The topological polar surface area (TPSA) is 64.4 Å². The number of halogens is 1. The Morgan fingerprint density at radius 1 is 1.50 bits per heavy atom. The average molecular weight is 269 g/mol. The molecule has 5 heteroatoms. The lowest BCUT2D eigenvalue weighted by molar-refractivity contribution is -0.118. The predicted octanol–water partition coefficient (Wildman–Crippen LogP) is 1.85. The van der Waals surface area contributed by atoms with Gasteiger partial charge in [0, 0.05) is 12.6 Å². The Morgan fingerprint density at radius 3 is 2.89 bits per heavy atom. The summed E-state index contributed by atoms with van der Waals surface area (Å²) < 4.78 is 5.39. The van der Waals surface area contributed by atoms with E-state index < -0.39 is 0 Å². The average Bonchev–Trinajstić information content (AvgIpc) is 3.12. The molecule has 1 aliphatic rings. The van der Waals surface area contributed by atoms with E-state index in [1.54, 1.807) is 0 Å². The van der Waals surface area contributed by atoms with E-state index in [0.29, 0.717) is 16.8 Å². The fourth-order valence-corrected chi connectivity index (χ4v) is 1.84. The first-order chi connectivity index (χ1) is 8.65. The lowest BCUT2D eigenvalue weighted by atomic mass is 10.2. The van der Waals surface area contributed by atoms with Crippen LogP contribution in [0.2, 0.25) is 5.02 Å². The quantitative estimate of drug-likeness (QED) is 0.793. The molecule has 0 bridgehead atoms. The van der Waals surface area contributed by atoms with Gasteiger partial charge in [0.05, 0.1) is 18.1 Å². The SMILES string of the molecule is NC(=O)CCOc1ccc(CNC2CC2)cc1Cl. The molecule has 1 aliphatic carbocycles. The minimum atomic E-state index is -0.378. The van der Waals surface area contributed by atoms with Crippen LogP contribution < -0.4 is 15.8 Å². The van der Waals surface area contributed by atoms with Crippen LogP contribution in [0.1, 0.15) is 24.8 Å². The molecular weight excluding hydrogens is 252 g/mol. The molecule has 98 valence electrons. The molecule has 0 aliphatic heterocycles. The number of nitrogens with one attached hydrogen (secondary N) is 1. The Balaban J connectivity index is 1.85. The third-order valence-corrected chi connectivity index (χ3v) is 3.07. The van der Waals surface area contributed by atoms with Crippen LogP contribution in [0, 0.1) is 0 Å². The van der Waals surface area contributed by atoms with Gasteiger partial charge in [-0.2, -0.15) is 0 Å². The van der Waals surface area contributed by atoms with E-state index >= 15 is 0 Å². The number of rotatable bonds is 7. The highest BCUT2D eigenvalue weighted by atomic mass is 35.5. The molecule has 0 spiro atoms. The fraction of sp³-hybridized carbons (Fsp3) is 0.462. The van der Waals surface area contributed by atoms with E-state index in [1.165, 1.54) is 12.8 Å². The number of ether oxygens (including phenoxy) is 1. The largest absolute Gasteiger partial charge is 0.491 e. The summed E-state index contributed by atoms with van der Waals surface area (Å²) in [6.45, 7) is 1.08. The Bertz CT molecular complexity index is 433. The molecule has 0 heterocycles. The molecule has 2 rings (SSSR count). The molecule has 0 radical (unpaired) electrons. The Kier molecular flexibility index (Phi) is 4.44. The van der Waals surface area contributed by atoms with E-state index in [-0.39, 0.29) is 18.9 Å². The molecular formula is C13H17ClN2O2. The van der Waals surface area contributed by atoms with Crippen molar-refractivity contribution < 1.29 is 9.53 Å². The number of amides is 1. The zero-order valence-corrected chi connectivity index (χ0v) is 10.9. The van der Waals surface area contributed by atoms with Gasteiger partial charge in [-0.05, 0) is 30.5 Å². The van der Waals surface area contributed by atoms with E-state index in [4.69, 9.17) is 22.1 Å². The highest BCUT2D eigenvalue weighted by Gasteiger charge is 2.20. The number of carbonyl (C=O) groups is 1. The summed E-state index contributed by atoms with van der Waals surface area (Å²) >= 11 is 6.11. The number of benzene rings is 1. The summed E-state index contributed by atoms with van der Waals surface area (Å²) in [4.78, 5) is 10.6. The van der Waals surface area contributed by atoms with Gasteiger partial charge in [0.2, 0.25) is 5.91 Å². The van der Waals surface area contributed by atoms with Crippen molar-refractivity contribution >= 4 is 17.5 Å². The van der Waals surface area contributed by atoms with Crippen molar-refractivity contribution in [3.63, 3.8) is 0 Å². The third-order valence-electron chi connectivity index (χ3n) is 2.77. The number of primary amides is 1. The van der Waals surface area contributed by atoms with Crippen LogP contribution >= 0.6 is 11.6 Å². The molecule has 0 unspecified atom stereocenters. The van der Waals surface area contributed by atoms with E-state index in [1.807, 2.05) is 18.2 Å². The van der Waals surface area contributed by atoms with E-state index in [2.05, 4.69) is 5.32 Å². The second-order valence-electron chi connectivity index (χ2n) is 4.48. The van der Waals surface area contributed by atoms with E-state index in [9.17, 15) is 4.79 Å². The van der Waals surface area contributed by atoms with Gasteiger partial charge < -0.3 is 15.8 Å². The van der Waals surface area contributed by atoms with Gasteiger partial charge in [0.25, 0.3) is 0 Å². The maximum Gasteiger partial charge on any atom is 0.220 e. The minimum absolute atomic E-state index is 0.196. The van der Waals surface area contributed by atoms with Crippen LogP contribution in [0.4, 0.5) is 0 Å². The van der Waals surface area contributed by atoms with Crippen molar-refractivity contribution in [3.8, 4) is 5.75 Å². The van der Waals surface area contributed by atoms with Crippen molar-refractivity contribution in [2.45, 2.75) is 31.8 Å². The van der Waals surface area contributed by atoms with Gasteiger partial charge in [-0.1, -0.05) is 17.7 Å². The first kappa shape index (κ1) is 13.2. The van der Waals surface area contributed by atoms with Crippen LogP contribution in [0.5, 0.6) is 5.75 Å². The second kappa shape index (κ2) is 6.07. The maximum atomic E-state index is 10.6. The number of hydrogen-bond acceptors (Lipinski definition) is 3. The van der Waals surface area contributed by atoms with Crippen LogP contribution in [0.25, 0.3) is 0 Å². The Labute approximate surface area is 111 Å². The Hall–Kier alpha value is -1.26. The summed E-state index contributed by atoms with van der Waals surface area (Å²) in [6.07, 6.45) is 2.73. The lowest BCUT2D eigenvalue weighted by Crippen LogP contribution is -2.15.